The largest absolute Gasteiger partial charge is 0.391 e. The van der Waals surface area contributed by atoms with Crippen LogP contribution in [0.2, 0.25) is 0 Å². The molecule has 6 heteroatoms. The molecule has 20 heavy (non-hydrogen) atoms. The van der Waals surface area contributed by atoms with Gasteiger partial charge in [0, 0.05) is 37.2 Å². The molecule has 0 aromatic carbocycles. The van der Waals surface area contributed by atoms with E-state index in [2.05, 4.69) is 34.0 Å². The van der Waals surface area contributed by atoms with Crippen molar-refractivity contribution in [1.29, 1.82) is 0 Å². The summed E-state index contributed by atoms with van der Waals surface area (Å²) >= 11 is 1.98. The first-order chi connectivity index (χ1) is 9.65. The molecule has 0 spiro atoms. The summed E-state index contributed by atoms with van der Waals surface area (Å²) in [6.07, 6.45) is 2.06. The number of aliphatic hydroxyl groups is 1. The van der Waals surface area contributed by atoms with E-state index in [0.717, 1.165) is 42.7 Å². The van der Waals surface area contributed by atoms with Gasteiger partial charge in [-0.1, -0.05) is 13.8 Å². The Balaban J connectivity index is 1.88. The van der Waals surface area contributed by atoms with Crippen molar-refractivity contribution in [2.45, 2.75) is 26.4 Å². The summed E-state index contributed by atoms with van der Waals surface area (Å²) < 4.78 is 0. The zero-order valence-electron chi connectivity index (χ0n) is 12.2. The molecule has 0 aliphatic carbocycles. The highest BCUT2D eigenvalue weighted by molar-refractivity contribution is 7.99. The van der Waals surface area contributed by atoms with E-state index in [0.29, 0.717) is 12.5 Å². The summed E-state index contributed by atoms with van der Waals surface area (Å²) in [5.74, 6) is 4.57. The van der Waals surface area contributed by atoms with Gasteiger partial charge in [0.15, 0.2) is 0 Å². The number of aliphatic hydroxyl groups excluding tert-OH is 1. The Morgan fingerprint density at radius 3 is 2.80 bits per heavy atom. The third kappa shape index (κ3) is 4.83. The van der Waals surface area contributed by atoms with Crippen molar-refractivity contribution in [3.05, 3.63) is 12.4 Å². The van der Waals surface area contributed by atoms with Gasteiger partial charge >= 0.3 is 0 Å². The Hall–Kier alpha value is -1.01. The van der Waals surface area contributed by atoms with E-state index in [9.17, 15) is 5.11 Å². The van der Waals surface area contributed by atoms with Crippen LogP contribution in [-0.2, 0) is 0 Å². The fourth-order valence-corrected chi connectivity index (χ4v) is 3.16. The lowest BCUT2D eigenvalue weighted by Crippen LogP contribution is -2.33. The Labute approximate surface area is 125 Å². The molecule has 1 unspecified atom stereocenters. The van der Waals surface area contributed by atoms with E-state index in [1.807, 2.05) is 17.8 Å². The number of anilines is 2. The van der Waals surface area contributed by atoms with Crippen molar-refractivity contribution < 1.29 is 5.11 Å². The lowest BCUT2D eigenvalue weighted by molar-refractivity contribution is 0.161. The zero-order chi connectivity index (χ0) is 14.4. The van der Waals surface area contributed by atoms with Gasteiger partial charge in [0.25, 0.3) is 0 Å². The molecule has 2 heterocycles. The van der Waals surface area contributed by atoms with Crippen LogP contribution in [0.1, 0.15) is 20.3 Å². The summed E-state index contributed by atoms with van der Waals surface area (Å²) in [5.41, 5.74) is 0. The molecule has 0 saturated carbocycles. The molecule has 1 aromatic heterocycles. The van der Waals surface area contributed by atoms with Crippen molar-refractivity contribution in [1.82, 2.24) is 9.97 Å². The van der Waals surface area contributed by atoms with Crippen molar-refractivity contribution in [3.63, 3.8) is 0 Å². The average molecular weight is 296 g/mol. The summed E-state index contributed by atoms with van der Waals surface area (Å²) in [5, 5.41) is 13.1. The Bertz CT molecular complexity index is 410. The van der Waals surface area contributed by atoms with Crippen molar-refractivity contribution >= 4 is 23.4 Å². The van der Waals surface area contributed by atoms with Gasteiger partial charge in [-0.15, -0.1) is 0 Å². The highest BCUT2D eigenvalue weighted by atomic mass is 32.2. The summed E-state index contributed by atoms with van der Waals surface area (Å²) in [6.45, 7) is 6.83. The van der Waals surface area contributed by atoms with Crippen molar-refractivity contribution in [2.75, 3.05) is 41.4 Å². The molecule has 1 fully saturated rings. The van der Waals surface area contributed by atoms with Gasteiger partial charge in [-0.3, -0.25) is 0 Å². The van der Waals surface area contributed by atoms with E-state index >= 15 is 0 Å². The molecule has 5 nitrogen and oxygen atoms in total. The minimum atomic E-state index is -0.334. The molecule has 1 aliphatic rings. The van der Waals surface area contributed by atoms with E-state index in [1.165, 1.54) is 0 Å². The van der Waals surface area contributed by atoms with Crippen LogP contribution in [0.3, 0.4) is 0 Å². The smallest absolute Gasteiger partial charge is 0.134 e. The van der Waals surface area contributed by atoms with Crippen LogP contribution in [0.25, 0.3) is 0 Å². The van der Waals surface area contributed by atoms with Crippen LogP contribution >= 0.6 is 11.8 Å². The molecule has 0 radical (unpaired) electrons. The number of nitrogens with one attached hydrogen (secondary N) is 1. The topological polar surface area (TPSA) is 61.3 Å². The minimum absolute atomic E-state index is 0.334. The maximum absolute atomic E-state index is 9.88. The minimum Gasteiger partial charge on any atom is -0.391 e. The number of aromatic nitrogens is 2. The van der Waals surface area contributed by atoms with Crippen LogP contribution in [0, 0.1) is 5.92 Å². The van der Waals surface area contributed by atoms with Crippen LogP contribution in [0.5, 0.6) is 0 Å². The van der Waals surface area contributed by atoms with Crippen LogP contribution in [0.15, 0.2) is 12.4 Å². The second-order valence-electron chi connectivity index (χ2n) is 5.53. The fraction of sp³-hybridized carbons (Fsp3) is 0.714. The number of hydrogen-bond acceptors (Lipinski definition) is 6. The first-order valence-corrected chi connectivity index (χ1v) is 8.37. The zero-order valence-corrected chi connectivity index (χ0v) is 13.1. The number of hydrogen-bond donors (Lipinski definition) is 2. The predicted octanol–water partition coefficient (Wildman–Crippen LogP) is 1.85. The van der Waals surface area contributed by atoms with Gasteiger partial charge < -0.3 is 15.3 Å². The standard InChI is InChI=1S/C14H24N4OS/c1-11(2)7-12(19)9-15-13-8-14(17-10-16-13)18-3-5-20-6-4-18/h8,10-12,19H,3-7,9H2,1-2H3,(H,15,16,17). The van der Waals surface area contributed by atoms with Gasteiger partial charge in [0.05, 0.1) is 6.10 Å². The number of nitrogens with zero attached hydrogens (tertiary/aromatic N) is 3. The molecule has 0 amide bonds. The molecular formula is C14H24N4OS. The van der Waals surface area contributed by atoms with Crippen LogP contribution < -0.4 is 10.2 Å². The van der Waals surface area contributed by atoms with Gasteiger partial charge in [0.1, 0.15) is 18.0 Å². The summed E-state index contributed by atoms with van der Waals surface area (Å²) in [6, 6.07) is 1.97. The third-order valence-corrected chi connectivity index (χ3v) is 4.19. The molecule has 1 saturated heterocycles. The second-order valence-corrected chi connectivity index (χ2v) is 6.75. The molecular weight excluding hydrogens is 272 g/mol. The lowest BCUT2D eigenvalue weighted by Gasteiger charge is -2.27. The molecule has 1 atom stereocenters. The monoisotopic (exact) mass is 296 g/mol. The second kappa shape index (κ2) is 7.69. The van der Waals surface area contributed by atoms with Crippen molar-refractivity contribution in [2.24, 2.45) is 5.92 Å². The summed E-state index contributed by atoms with van der Waals surface area (Å²) in [4.78, 5) is 10.8. The SMILES string of the molecule is CC(C)CC(O)CNc1cc(N2CCSCC2)ncn1. The first-order valence-electron chi connectivity index (χ1n) is 7.22. The Morgan fingerprint density at radius 1 is 1.35 bits per heavy atom. The highest BCUT2D eigenvalue weighted by Crippen LogP contribution is 2.18. The van der Waals surface area contributed by atoms with Crippen LogP contribution in [-0.4, -0.2) is 52.3 Å². The number of thioether (sulfide) groups is 1. The average Bonchev–Trinajstić information content (AvgIpc) is 2.46. The van der Waals surface area contributed by atoms with E-state index < -0.39 is 0 Å². The highest BCUT2D eigenvalue weighted by Gasteiger charge is 2.13. The quantitative estimate of drug-likeness (QED) is 0.835. The summed E-state index contributed by atoms with van der Waals surface area (Å²) in [7, 11) is 0. The van der Waals surface area contributed by atoms with Gasteiger partial charge in [-0.05, 0) is 12.3 Å². The predicted molar refractivity (Wildman–Crippen MR) is 85.5 cm³/mol. The van der Waals surface area contributed by atoms with E-state index in [4.69, 9.17) is 0 Å². The number of rotatable bonds is 6. The third-order valence-electron chi connectivity index (χ3n) is 3.25. The Kier molecular flexibility index (Phi) is 5.91. The van der Waals surface area contributed by atoms with Crippen molar-refractivity contribution in [3.8, 4) is 0 Å². The first kappa shape index (κ1) is 15.4. The normalized spacial score (nSPS) is 17.3. The molecule has 1 aliphatic heterocycles. The van der Waals surface area contributed by atoms with Gasteiger partial charge in [-0.25, -0.2) is 9.97 Å². The fourth-order valence-electron chi connectivity index (χ4n) is 2.26. The molecule has 1 aromatic rings. The van der Waals surface area contributed by atoms with Crippen LogP contribution in [0.4, 0.5) is 11.6 Å². The van der Waals surface area contributed by atoms with E-state index in [-0.39, 0.29) is 6.10 Å². The maximum atomic E-state index is 9.88. The van der Waals surface area contributed by atoms with E-state index in [1.54, 1.807) is 6.33 Å². The Morgan fingerprint density at radius 2 is 2.10 bits per heavy atom. The maximum Gasteiger partial charge on any atom is 0.134 e. The van der Waals surface area contributed by atoms with Gasteiger partial charge in [-0.2, -0.15) is 11.8 Å². The van der Waals surface area contributed by atoms with Gasteiger partial charge in [0.2, 0.25) is 0 Å². The molecule has 0 bridgehead atoms. The molecule has 2 rings (SSSR count). The lowest BCUT2D eigenvalue weighted by atomic mass is 10.1. The molecule has 112 valence electrons. The molecule has 2 N–H and O–H groups in total.